The van der Waals surface area contributed by atoms with Crippen LogP contribution in [0, 0.1) is 11.8 Å². The molecule has 8 heteroatoms. The summed E-state index contributed by atoms with van der Waals surface area (Å²) in [6.45, 7) is 1.96. The molecule has 0 bridgehead atoms. The fourth-order valence-corrected chi connectivity index (χ4v) is 7.63. The van der Waals surface area contributed by atoms with Gasteiger partial charge in [0.15, 0.2) is 23.6 Å². The molecule has 9 rings (SSSR count). The summed E-state index contributed by atoms with van der Waals surface area (Å²) in [5.74, 6) is 2.15. The molecule has 0 saturated heterocycles. The number of hydrogen-bond donors (Lipinski definition) is 0. The van der Waals surface area contributed by atoms with E-state index in [0.29, 0.717) is 62.9 Å². The van der Waals surface area contributed by atoms with Crippen LogP contribution in [0.25, 0.3) is 0 Å². The summed E-state index contributed by atoms with van der Waals surface area (Å²) >= 11 is 0. The lowest BCUT2D eigenvalue weighted by molar-refractivity contribution is 0.284. The normalized spacial score (nSPS) is 21.8. The van der Waals surface area contributed by atoms with Gasteiger partial charge < -0.3 is 18.9 Å². The van der Waals surface area contributed by atoms with Crippen LogP contribution in [0.1, 0.15) is 57.5 Å². The zero-order valence-corrected chi connectivity index (χ0v) is 30.0. The van der Waals surface area contributed by atoms with Crippen molar-refractivity contribution in [2.24, 2.45) is 31.8 Å². The van der Waals surface area contributed by atoms with Crippen LogP contribution in [0.5, 0.6) is 0 Å². The van der Waals surface area contributed by atoms with E-state index < -0.39 is 0 Å². The third-order valence-corrected chi connectivity index (χ3v) is 10.5. The smallest absolute Gasteiger partial charge is 0.197 e. The summed E-state index contributed by atoms with van der Waals surface area (Å²) in [4.78, 5) is 20.4. The molecule has 8 nitrogen and oxygen atoms in total. The maximum atomic E-state index is 6.36. The standard InChI is InChI=1S/C46H42N4O4/c1-5-16-33(17-6-1)39-27-51-43(47-39)37(44-48-40(28-52-44)34-18-7-2-8-19-34)25-31-14-13-15-32(24-31)26-38(45-49-41(29-53-45)35-20-9-3-10-21-35)46-50-42(30-54-46)36-22-11-4-12-23-36/h1-24,37-42H,25-30H2/t39-,40-,41-,42-/m1/s1. The molecule has 54 heavy (non-hydrogen) atoms. The van der Waals surface area contributed by atoms with Crippen LogP contribution in [0.4, 0.5) is 0 Å². The molecule has 0 N–H and O–H groups in total. The second-order valence-electron chi connectivity index (χ2n) is 14.2. The Bertz CT molecular complexity index is 1890. The van der Waals surface area contributed by atoms with Crippen molar-refractivity contribution in [1.82, 2.24) is 0 Å². The first kappa shape index (κ1) is 33.8. The summed E-state index contributed by atoms with van der Waals surface area (Å²) in [5.41, 5.74) is 6.80. The molecule has 4 heterocycles. The lowest BCUT2D eigenvalue weighted by Gasteiger charge is -2.18. The van der Waals surface area contributed by atoms with Gasteiger partial charge in [-0.25, -0.2) is 20.0 Å². The van der Waals surface area contributed by atoms with Crippen LogP contribution in [-0.4, -0.2) is 50.0 Å². The Labute approximate surface area is 316 Å². The molecule has 5 aromatic carbocycles. The van der Waals surface area contributed by atoms with E-state index in [9.17, 15) is 0 Å². The van der Waals surface area contributed by atoms with Gasteiger partial charge in [0.05, 0.1) is 0 Å². The predicted molar refractivity (Wildman–Crippen MR) is 211 cm³/mol. The Hall–Kier alpha value is -6.02. The van der Waals surface area contributed by atoms with Crippen molar-refractivity contribution >= 4 is 23.6 Å². The Morgan fingerprint density at radius 1 is 0.370 bits per heavy atom. The molecule has 270 valence electrons. The van der Waals surface area contributed by atoms with E-state index in [4.69, 9.17) is 38.9 Å². The third-order valence-electron chi connectivity index (χ3n) is 10.5. The topological polar surface area (TPSA) is 86.4 Å². The molecular formula is C46H42N4O4. The van der Waals surface area contributed by atoms with Crippen molar-refractivity contribution in [3.8, 4) is 0 Å². The van der Waals surface area contributed by atoms with Crippen molar-refractivity contribution < 1.29 is 18.9 Å². The first-order chi connectivity index (χ1) is 26.7. The minimum atomic E-state index is -0.262. The number of hydrogen-bond acceptors (Lipinski definition) is 8. The molecule has 0 aliphatic carbocycles. The molecule has 0 spiro atoms. The van der Waals surface area contributed by atoms with E-state index in [-0.39, 0.29) is 36.0 Å². The second kappa shape index (κ2) is 15.5. The highest BCUT2D eigenvalue weighted by Gasteiger charge is 2.37. The van der Waals surface area contributed by atoms with Gasteiger partial charge in [0.1, 0.15) is 62.4 Å². The molecule has 4 aliphatic heterocycles. The molecule has 5 aromatic rings. The summed E-state index contributed by atoms with van der Waals surface area (Å²) in [5, 5.41) is 0. The number of rotatable bonds is 12. The summed E-state index contributed by atoms with van der Waals surface area (Å²) in [7, 11) is 0. The molecule has 0 saturated carbocycles. The number of ether oxygens (including phenoxy) is 4. The van der Waals surface area contributed by atoms with Crippen LogP contribution < -0.4 is 0 Å². The van der Waals surface area contributed by atoms with Crippen molar-refractivity contribution in [2.45, 2.75) is 37.0 Å². The predicted octanol–water partition coefficient (Wildman–Crippen LogP) is 8.68. The average molecular weight is 715 g/mol. The Balaban J connectivity index is 1.01. The lowest BCUT2D eigenvalue weighted by Crippen LogP contribution is -2.28. The van der Waals surface area contributed by atoms with Gasteiger partial charge in [-0.1, -0.05) is 146 Å². The number of nitrogens with zero attached hydrogens (tertiary/aromatic N) is 4. The van der Waals surface area contributed by atoms with Crippen LogP contribution in [0.15, 0.2) is 166 Å². The highest BCUT2D eigenvalue weighted by molar-refractivity contribution is 6.02. The molecule has 0 amide bonds. The van der Waals surface area contributed by atoms with Crippen molar-refractivity contribution in [1.29, 1.82) is 0 Å². The SMILES string of the molecule is c1ccc([C@H]2COC(C(Cc3cccc(CC(C4=N[C@@H](c5ccccc5)CO4)C4=N[C@@H](c5ccccc5)CO4)c3)C3=N[C@@H](c4ccccc4)CO3)=N2)cc1. The van der Waals surface area contributed by atoms with E-state index in [0.717, 1.165) is 33.4 Å². The van der Waals surface area contributed by atoms with E-state index in [1.165, 1.54) is 0 Å². The fourth-order valence-electron chi connectivity index (χ4n) is 7.63. The van der Waals surface area contributed by atoms with Gasteiger partial charge in [-0.3, -0.25) is 0 Å². The molecule has 0 aromatic heterocycles. The largest absolute Gasteiger partial charge is 0.478 e. The minimum absolute atomic E-state index is 0.0680. The van der Waals surface area contributed by atoms with Gasteiger partial charge in [-0.2, -0.15) is 0 Å². The van der Waals surface area contributed by atoms with Gasteiger partial charge >= 0.3 is 0 Å². The van der Waals surface area contributed by atoms with Crippen LogP contribution in [0.2, 0.25) is 0 Å². The first-order valence-corrected chi connectivity index (χ1v) is 18.8. The van der Waals surface area contributed by atoms with Crippen molar-refractivity contribution in [3.63, 3.8) is 0 Å². The zero-order chi connectivity index (χ0) is 36.1. The van der Waals surface area contributed by atoms with Crippen molar-refractivity contribution in [3.05, 3.63) is 179 Å². The molecule has 4 atom stereocenters. The van der Waals surface area contributed by atoms with Gasteiger partial charge in [0, 0.05) is 0 Å². The number of benzene rings is 5. The van der Waals surface area contributed by atoms with E-state index in [1.54, 1.807) is 0 Å². The number of aliphatic imine (C=N–C) groups is 4. The van der Waals surface area contributed by atoms with E-state index in [2.05, 4.69) is 72.8 Å². The van der Waals surface area contributed by atoms with E-state index in [1.807, 2.05) is 72.8 Å². The molecule has 0 unspecified atom stereocenters. The Kier molecular flexibility index (Phi) is 9.72. The highest BCUT2D eigenvalue weighted by Crippen LogP contribution is 2.34. The maximum absolute atomic E-state index is 6.36. The second-order valence-corrected chi connectivity index (χ2v) is 14.2. The van der Waals surface area contributed by atoms with Gasteiger partial charge in [0.2, 0.25) is 0 Å². The minimum Gasteiger partial charge on any atom is -0.478 e. The molecule has 0 fully saturated rings. The highest BCUT2D eigenvalue weighted by atomic mass is 16.5. The molecule has 4 aliphatic rings. The fraction of sp³-hybridized carbons (Fsp3) is 0.261. The third kappa shape index (κ3) is 7.42. The van der Waals surface area contributed by atoms with E-state index >= 15 is 0 Å². The average Bonchev–Trinajstić information content (AvgIpc) is 4.09. The lowest BCUT2D eigenvalue weighted by atomic mass is 9.93. The molecular weight excluding hydrogens is 673 g/mol. The van der Waals surface area contributed by atoms with Crippen LogP contribution in [0.3, 0.4) is 0 Å². The monoisotopic (exact) mass is 714 g/mol. The maximum Gasteiger partial charge on any atom is 0.197 e. The van der Waals surface area contributed by atoms with Gasteiger partial charge in [-0.15, -0.1) is 0 Å². The molecule has 0 radical (unpaired) electrons. The zero-order valence-electron chi connectivity index (χ0n) is 30.0. The summed E-state index contributed by atoms with van der Waals surface area (Å²) in [6.07, 6.45) is 1.25. The van der Waals surface area contributed by atoms with Gasteiger partial charge in [-0.05, 0) is 46.2 Å². The first-order valence-electron chi connectivity index (χ1n) is 18.8. The van der Waals surface area contributed by atoms with Gasteiger partial charge in [0.25, 0.3) is 0 Å². The van der Waals surface area contributed by atoms with Crippen LogP contribution >= 0.6 is 0 Å². The Morgan fingerprint density at radius 3 is 0.926 bits per heavy atom. The quantitative estimate of drug-likeness (QED) is 0.129. The summed E-state index contributed by atoms with van der Waals surface area (Å²) < 4.78 is 25.4. The van der Waals surface area contributed by atoms with Crippen LogP contribution in [-0.2, 0) is 31.8 Å². The Morgan fingerprint density at radius 2 is 0.648 bits per heavy atom. The van der Waals surface area contributed by atoms with Crippen molar-refractivity contribution in [2.75, 3.05) is 26.4 Å². The summed E-state index contributed by atoms with van der Waals surface area (Å²) in [6, 6.07) is 49.7.